The van der Waals surface area contributed by atoms with Crippen LogP contribution in [0.2, 0.25) is 0 Å². The highest BCUT2D eigenvalue weighted by molar-refractivity contribution is 5.92. The average Bonchev–Trinajstić information content (AvgIpc) is 2.59. The molecule has 0 aromatic heterocycles. The molecule has 0 aromatic carbocycles. The van der Waals surface area contributed by atoms with Gasteiger partial charge in [-0.25, -0.2) is 4.79 Å². The Bertz CT molecular complexity index is 330. The number of ketones is 1. The van der Waals surface area contributed by atoms with E-state index in [9.17, 15) is 9.59 Å². The molecule has 1 saturated carbocycles. The van der Waals surface area contributed by atoms with Gasteiger partial charge in [-0.1, -0.05) is 13.0 Å². The van der Waals surface area contributed by atoms with Crippen molar-refractivity contribution in [3.8, 4) is 0 Å². The number of carboxylic acid groups (broad SMARTS) is 1. The lowest BCUT2D eigenvalue weighted by molar-refractivity contribution is -0.133. The predicted octanol–water partition coefficient (Wildman–Crippen LogP) is 2.02. The van der Waals surface area contributed by atoms with Crippen LogP contribution in [0.3, 0.4) is 0 Å². The summed E-state index contributed by atoms with van der Waals surface area (Å²) in [6.07, 6.45) is 4.96. The molecule has 1 fully saturated rings. The van der Waals surface area contributed by atoms with E-state index >= 15 is 0 Å². The number of Topliss-reactive ketones (excluding diaryl/α,β-unsaturated/α-hetero) is 1. The number of carbonyl (C=O) groups is 2. The van der Waals surface area contributed by atoms with Crippen LogP contribution < -0.4 is 0 Å². The van der Waals surface area contributed by atoms with Gasteiger partial charge >= 0.3 is 5.97 Å². The van der Waals surface area contributed by atoms with Gasteiger partial charge in [0.1, 0.15) is 5.78 Å². The quantitative estimate of drug-likeness (QED) is 0.755. The van der Waals surface area contributed by atoms with Gasteiger partial charge in [0.25, 0.3) is 0 Å². The van der Waals surface area contributed by atoms with Crippen molar-refractivity contribution in [2.24, 2.45) is 17.8 Å². The van der Waals surface area contributed by atoms with E-state index < -0.39 is 5.97 Å². The van der Waals surface area contributed by atoms with Crippen LogP contribution >= 0.6 is 0 Å². The van der Waals surface area contributed by atoms with Gasteiger partial charge in [-0.2, -0.15) is 0 Å². The first-order valence-corrected chi connectivity index (χ1v) is 5.61. The van der Waals surface area contributed by atoms with Gasteiger partial charge in [0, 0.05) is 23.8 Å². The molecule has 3 heteroatoms. The van der Waals surface area contributed by atoms with E-state index in [1.54, 1.807) is 0 Å². The van der Waals surface area contributed by atoms with Gasteiger partial charge in [0.05, 0.1) is 0 Å². The zero-order chi connectivity index (χ0) is 11.0. The van der Waals surface area contributed by atoms with Crippen molar-refractivity contribution < 1.29 is 14.7 Å². The van der Waals surface area contributed by atoms with Crippen molar-refractivity contribution in [3.63, 3.8) is 0 Å². The fourth-order valence-electron chi connectivity index (χ4n) is 2.86. The average molecular weight is 208 g/mol. The Balaban J connectivity index is 2.30. The number of carboxylic acids is 1. The van der Waals surface area contributed by atoms with Crippen molar-refractivity contribution in [2.45, 2.75) is 32.6 Å². The monoisotopic (exact) mass is 208 g/mol. The second-order valence-corrected chi connectivity index (χ2v) is 4.55. The van der Waals surface area contributed by atoms with Crippen LogP contribution in [0.4, 0.5) is 0 Å². The van der Waals surface area contributed by atoms with Crippen molar-refractivity contribution in [1.82, 2.24) is 0 Å². The molecule has 1 N–H and O–H groups in total. The van der Waals surface area contributed by atoms with Gasteiger partial charge in [-0.3, -0.25) is 4.79 Å². The van der Waals surface area contributed by atoms with Crippen molar-refractivity contribution in [3.05, 3.63) is 11.6 Å². The van der Waals surface area contributed by atoms with E-state index in [0.29, 0.717) is 12.0 Å². The minimum atomic E-state index is -0.835. The second kappa shape index (κ2) is 3.80. The van der Waals surface area contributed by atoms with Crippen molar-refractivity contribution in [1.29, 1.82) is 0 Å². The summed E-state index contributed by atoms with van der Waals surface area (Å²) in [5.74, 6) is -0.300. The lowest BCUT2D eigenvalue weighted by Gasteiger charge is -2.28. The molecule has 82 valence electrons. The summed E-state index contributed by atoms with van der Waals surface area (Å²) >= 11 is 0. The molecule has 0 radical (unpaired) electrons. The molecular weight excluding hydrogens is 192 g/mol. The lowest BCUT2D eigenvalue weighted by Crippen LogP contribution is -2.27. The minimum Gasteiger partial charge on any atom is -0.478 e. The van der Waals surface area contributed by atoms with Crippen molar-refractivity contribution in [2.75, 3.05) is 0 Å². The Morgan fingerprint density at radius 1 is 1.53 bits per heavy atom. The molecule has 0 heterocycles. The van der Waals surface area contributed by atoms with Gasteiger partial charge in [-0.05, 0) is 25.2 Å². The molecule has 0 aliphatic heterocycles. The topological polar surface area (TPSA) is 54.4 Å². The van der Waals surface area contributed by atoms with Crippen LogP contribution in [0.5, 0.6) is 0 Å². The molecule has 3 nitrogen and oxygen atoms in total. The van der Waals surface area contributed by atoms with E-state index in [1.807, 2.05) is 13.0 Å². The Morgan fingerprint density at radius 2 is 2.27 bits per heavy atom. The third-order valence-corrected chi connectivity index (χ3v) is 3.74. The normalized spacial score (nSPS) is 34.9. The number of carbonyl (C=O) groups excluding carboxylic acids is 1. The SMILES string of the molecule is CC[C@H]1C=C(C(=O)O)[C@@H]2CCC(=O)[C@H]2C1. The third kappa shape index (κ3) is 1.71. The number of hydrogen-bond acceptors (Lipinski definition) is 2. The van der Waals surface area contributed by atoms with E-state index in [2.05, 4.69) is 0 Å². The van der Waals surface area contributed by atoms with E-state index in [-0.39, 0.29) is 23.5 Å². The summed E-state index contributed by atoms with van der Waals surface area (Å²) in [4.78, 5) is 22.7. The first kappa shape index (κ1) is 10.4. The molecule has 2 rings (SSSR count). The maximum absolute atomic E-state index is 11.6. The molecule has 0 bridgehead atoms. The lowest BCUT2D eigenvalue weighted by atomic mass is 9.75. The summed E-state index contributed by atoms with van der Waals surface area (Å²) in [6, 6.07) is 0. The van der Waals surface area contributed by atoms with E-state index in [0.717, 1.165) is 19.3 Å². The Morgan fingerprint density at radius 3 is 2.87 bits per heavy atom. The fraction of sp³-hybridized carbons (Fsp3) is 0.667. The summed E-state index contributed by atoms with van der Waals surface area (Å²) in [5, 5.41) is 9.11. The van der Waals surface area contributed by atoms with Crippen LogP contribution in [-0.2, 0) is 9.59 Å². The number of allylic oxidation sites excluding steroid dienone is 1. The van der Waals surface area contributed by atoms with Gasteiger partial charge < -0.3 is 5.11 Å². The number of aliphatic carboxylic acids is 1. The van der Waals surface area contributed by atoms with E-state index in [1.165, 1.54) is 0 Å². The molecule has 2 aliphatic carbocycles. The predicted molar refractivity (Wildman–Crippen MR) is 55.3 cm³/mol. The molecule has 15 heavy (non-hydrogen) atoms. The molecule has 0 amide bonds. The molecule has 3 atom stereocenters. The largest absolute Gasteiger partial charge is 0.478 e. The highest BCUT2D eigenvalue weighted by Crippen LogP contribution is 2.43. The Kier molecular flexibility index (Phi) is 2.63. The first-order chi connectivity index (χ1) is 7.13. The maximum atomic E-state index is 11.6. The summed E-state index contributed by atoms with van der Waals surface area (Å²) in [7, 11) is 0. The molecule has 0 spiro atoms. The van der Waals surface area contributed by atoms with E-state index in [4.69, 9.17) is 5.11 Å². The number of fused-ring (bicyclic) bond motifs is 1. The fourth-order valence-corrected chi connectivity index (χ4v) is 2.86. The zero-order valence-electron chi connectivity index (χ0n) is 8.90. The van der Waals surface area contributed by atoms with Crippen LogP contribution in [0, 0.1) is 17.8 Å². The first-order valence-electron chi connectivity index (χ1n) is 5.61. The Labute approximate surface area is 89.2 Å². The minimum absolute atomic E-state index is 0.00204. The summed E-state index contributed by atoms with van der Waals surface area (Å²) in [5.41, 5.74) is 0.490. The van der Waals surface area contributed by atoms with Crippen molar-refractivity contribution >= 4 is 11.8 Å². The highest BCUT2D eigenvalue weighted by Gasteiger charge is 2.42. The Hall–Kier alpha value is -1.12. The molecular formula is C12H16O3. The van der Waals surface area contributed by atoms with Gasteiger partial charge in [0.2, 0.25) is 0 Å². The zero-order valence-corrected chi connectivity index (χ0v) is 8.90. The summed E-state index contributed by atoms with van der Waals surface area (Å²) in [6.45, 7) is 2.04. The highest BCUT2D eigenvalue weighted by atomic mass is 16.4. The van der Waals surface area contributed by atoms with Crippen LogP contribution in [-0.4, -0.2) is 16.9 Å². The smallest absolute Gasteiger partial charge is 0.331 e. The van der Waals surface area contributed by atoms with Crippen LogP contribution in [0.1, 0.15) is 32.6 Å². The standard InChI is InChI=1S/C12H16O3/c1-2-7-5-9-8(3-4-11(9)13)10(6-7)12(14)15/h6-9H,2-5H2,1H3,(H,14,15)/t7-,8-,9+/m1/s1. The summed E-state index contributed by atoms with van der Waals surface area (Å²) < 4.78 is 0. The third-order valence-electron chi connectivity index (χ3n) is 3.74. The molecule has 0 aromatic rings. The second-order valence-electron chi connectivity index (χ2n) is 4.55. The maximum Gasteiger partial charge on any atom is 0.331 e. The van der Waals surface area contributed by atoms with Crippen LogP contribution in [0.15, 0.2) is 11.6 Å². The van der Waals surface area contributed by atoms with Gasteiger partial charge in [-0.15, -0.1) is 0 Å². The molecule has 2 aliphatic rings. The number of rotatable bonds is 2. The number of hydrogen-bond donors (Lipinski definition) is 1. The molecule has 0 saturated heterocycles. The molecule has 0 unspecified atom stereocenters. The van der Waals surface area contributed by atoms with Crippen LogP contribution in [0.25, 0.3) is 0 Å². The van der Waals surface area contributed by atoms with Gasteiger partial charge in [0.15, 0.2) is 0 Å².